The van der Waals surface area contributed by atoms with Crippen LogP contribution in [0.1, 0.15) is 62.3 Å². The zero-order valence-electron chi connectivity index (χ0n) is 16.8. The van der Waals surface area contributed by atoms with Crippen LogP contribution in [0.25, 0.3) is 0 Å². The van der Waals surface area contributed by atoms with Gasteiger partial charge in [-0.15, -0.1) is 0 Å². The van der Waals surface area contributed by atoms with Crippen LogP contribution in [-0.4, -0.2) is 41.8 Å². The van der Waals surface area contributed by atoms with Crippen molar-refractivity contribution in [2.45, 2.75) is 62.3 Å². The van der Waals surface area contributed by atoms with Gasteiger partial charge in [0, 0.05) is 19.8 Å². The average molecular weight is 342 g/mol. The first kappa shape index (κ1) is 22.0. The molecule has 0 aromatic rings. The number of rotatable bonds is 6. The Kier molecular flexibility index (Phi) is 7.84. The second-order valence-electron chi connectivity index (χ2n) is 9.89. The smallest absolute Gasteiger partial charge is 0.400 e. The quantitative estimate of drug-likeness (QED) is 0.691. The fourth-order valence-electron chi connectivity index (χ4n) is 1.56. The molecular formula is C15H33B3O6. The van der Waals surface area contributed by atoms with Crippen LogP contribution < -0.4 is 0 Å². The monoisotopic (exact) mass is 342 g/mol. The first-order valence-corrected chi connectivity index (χ1v) is 8.55. The van der Waals surface area contributed by atoms with Crippen molar-refractivity contribution in [3.05, 3.63) is 0 Å². The highest BCUT2D eigenvalue weighted by Crippen LogP contribution is 2.21. The van der Waals surface area contributed by atoms with E-state index in [0.29, 0.717) is 19.8 Å². The molecule has 1 aliphatic heterocycles. The van der Waals surface area contributed by atoms with Gasteiger partial charge in [0.1, 0.15) is 0 Å². The molecule has 9 heteroatoms. The largest absolute Gasteiger partial charge is 0.615 e. The lowest BCUT2D eigenvalue weighted by molar-refractivity contribution is 0.0338. The second-order valence-corrected chi connectivity index (χ2v) is 9.89. The molecule has 0 unspecified atom stereocenters. The molecule has 0 aliphatic carbocycles. The molecule has 0 radical (unpaired) electrons. The van der Waals surface area contributed by atoms with Crippen molar-refractivity contribution in [2.24, 2.45) is 16.2 Å². The molecule has 1 fully saturated rings. The lowest BCUT2D eigenvalue weighted by atomic mass is 9.92. The van der Waals surface area contributed by atoms with Crippen LogP contribution in [0.2, 0.25) is 0 Å². The van der Waals surface area contributed by atoms with Gasteiger partial charge < -0.3 is 27.7 Å². The van der Waals surface area contributed by atoms with Crippen molar-refractivity contribution in [1.29, 1.82) is 0 Å². The lowest BCUT2D eigenvalue weighted by Gasteiger charge is -2.32. The van der Waals surface area contributed by atoms with Crippen molar-refractivity contribution < 1.29 is 27.7 Å². The summed E-state index contributed by atoms with van der Waals surface area (Å²) in [5, 5.41) is 0. The maximum Gasteiger partial charge on any atom is 0.615 e. The zero-order valence-corrected chi connectivity index (χ0v) is 16.8. The summed E-state index contributed by atoms with van der Waals surface area (Å²) in [6.07, 6.45) is 0. The van der Waals surface area contributed by atoms with Gasteiger partial charge in [-0.05, 0) is 16.2 Å². The van der Waals surface area contributed by atoms with Crippen LogP contribution in [-0.2, 0) is 27.7 Å². The number of hydrogen-bond acceptors (Lipinski definition) is 6. The summed E-state index contributed by atoms with van der Waals surface area (Å²) >= 11 is 0. The minimum Gasteiger partial charge on any atom is -0.400 e. The zero-order chi connectivity index (χ0) is 18.6. The Morgan fingerprint density at radius 2 is 0.708 bits per heavy atom. The van der Waals surface area contributed by atoms with E-state index in [9.17, 15) is 0 Å². The van der Waals surface area contributed by atoms with E-state index < -0.39 is 22.0 Å². The van der Waals surface area contributed by atoms with Gasteiger partial charge in [0.25, 0.3) is 0 Å². The minimum absolute atomic E-state index is 0.00541. The summed E-state index contributed by atoms with van der Waals surface area (Å²) in [6.45, 7) is 20.1. The molecule has 0 spiro atoms. The van der Waals surface area contributed by atoms with Gasteiger partial charge in [0.2, 0.25) is 0 Å². The SMILES string of the molecule is CC(C)(C)COB1OB(OCC(C)(C)C)OB(OCC(C)(C)C)O1. The van der Waals surface area contributed by atoms with Gasteiger partial charge in [-0.2, -0.15) is 0 Å². The Labute approximate surface area is 148 Å². The van der Waals surface area contributed by atoms with E-state index in [4.69, 9.17) is 27.7 Å². The van der Waals surface area contributed by atoms with Crippen molar-refractivity contribution in [1.82, 2.24) is 0 Å². The van der Waals surface area contributed by atoms with Crippen molar-refractivity contribution in [2.75, 3.05) is 19.8 Å². The van der Waals surface area contributed by atoms with Crippen LogP contribution in [0.4, 0.5) is 0 Å². The molecule has 1 heterocycles. The molecule has 24 heavy (non-hydrogen) atoms. The molecule has 0 bridgehead atoms. The van der Waals surface area contributed by atoms with Crippen molar-refractivity contribution in [3.8, 4) is 0 Å². The van der Waals surface area contributed by atoms with Gasteiger partial charge in [-0.3, -0.25) is 0 Å². The third-order valence-corrected chi connectivity index (χ3v) is 2.62. The van der Waals surface area contributed by atoms with Crippen LogP contribution in [0.3, 0.4) is 0 Å². The fraction of sp³-hybridized carbons (Fsp3) is 1.00. The Balaban J connectivity index is 2.60. The molecule has 0 atom stereocenters. The average Bonchev–Trinajstić information content (AvgIpc) is 2.38. The first-order chi connectivity index (χ1) is 10.7. The molecule has 0 saturated carbocycles. The molecule has 1 aliphatic rings. The maximum atomic E-state index is 5.69. The number of hydrogen-bond donors (Lipinski definition) is 0. The van der Waals surface area contributed by atoms with Gasteiger partial charge in [0.05, 0.1) is 0 Å². The summed E-state index contributed by atoms with van der Waals surface area (Å²) in [5.41, 5.74) is -0.0162. The summed E-state index contributed by atoms with van der Waals surface area (Å²) < 4.78 is 33.8. The molecule has 6 nitrogen and oxygen atoms in total. The third kappa shape index (κ3) is 10.7. The van der Waals surface area contributed by atoms with Crippen LogP contribution in [0.5, 0.6) is 0 Å². The summed E-state index contributed by atoms with van der Waals surface area (Å²) in [4.78, 5) is 0. The van der Waals surface area contributed by atoms with E-state index >= 15 is 0 Å². The van der Waals surface area contributed by atoms with Gasteiger partial charge >= 0.3 is 22.0 Å². The normalized spacial score (nSPS) is 17.6. The lowest BCUT2D eigenvalue weighted by Crippen LogP contribution is -2.54. The summed E-state index contributed by atoms with van der Waals surface area (Å²) in [5.74, 6) is 0. The Morgan fingerprint density at radius 3 is 0.875 bits per heavy atom. The van der Waals surface area contributed by atoms with Crippen LogP contribution in [0.15, 0.2) is 0 Å². The molecule has 0 N–H and O–H groups in total. The van der Waals surface area contributed by atoms with Gasteiger partial charge in [0.15, 0.2) is 0 Å². The molecule has 0 aromatic carbocycles. The topological polar surface area (TPSA) is 55.4 Å². The maximum absolute atomic E-state index is 5.69. The molecule has 0 aromatic heterocycles. The van der Waals surface area contributed by atoms with Crippen molar-refractivity contribution >= 4 is 22.0 Å². The second kappa shape index (κ2) is 8.56. The molecule has 1 rings (SSSR count). The fourth-order valence-corrected chi connectivity index (χ4v) is 1.56. The first-order valence-electron chi connectivity index (χ1n) is 8.55. The summed E-state index contributed by atoms with van der Waals surface area (Å²) in [7, 11) is -2.64. The predicted octanol–water partition coefficient (Wildman–Crippen LogP) is 3.19. The van der Waals surface area contributed by atoms with E-state index in [0.717, 1.165) is 0 Å². The Hall–Kier alpha value is -0.0452. The van der Waals surface area contributed by atoms with E-state index in [2.05, 4.69) is 62.3 Å². The minimum atomic E-state index is -0.882. The Bertz CT molecular complexity index is 312. The summed E-state index contributed by atoms with van der Waals surface area (Å²) in [6, 6.07) is 0. The Morgan fingerprint density at radius 1 is 0.500 bits per heavy atom. The molecule has 138 valence electrons. The van der Waals surface area contributed by atoms with Gasteiger partial charge in [-0.25, -0.2) is 0 Å². The van der Waals surface area contributed by atoms with E-state index in [-0.39, 0.29) is 16.2 Å². The van der Waals surface area contributed by atoms with E-state index in [1.807, 2.05) is 0 Å². The molecule has 0 amide bonds. The predicted molar refractivity (Wildman–Crippen MR) is 96.7 cm³/mol. The highest BCUT2D eigenvalue weighted by molar-refractivity contribution is 6.66. The molecular weight excluding hydrogens is 309 g/mol. The third-order valence-electron chi connectivity index (χ3n) is 2.62. The standard InChI is InChI=1S/C15H33B3O6/c1-13(2,3)10-19-16-22-17(20-11-14(4,5)6)24-18(23-16)21-12-15(7,8)9/h10-12H2,1-9H3. The van der Waals surface area contributed by atoms with Crippen LogP contribution >= 0.6 is 0 Å². The van der Waals surface area contributed by atoms with Crippen molar-refractivity contribution in [3.63, 3.8) is 0 Å². The van der Waals surface area contributed by atoms with E-state index in [1.165, 1.54) is 0 Å². The van der Waals surface area contributed by atoms with Crippen LogP contribution in [0, 0.1) is 16.2 Å². The highest BCUT2D eigenvalue weighted by Gasteiger charge is 2.47. The highest BCUT2D eigenvalue weighted by atomic mass is 16.9. The van der Waals surface area contributed by atoms with E-state index in [1.54, 1.807) is 0 Å². The molecule has 1 saturated heterocycles. The van der Waals surface area contributed by atoms with Gasteiger partial charge in [-0.1, -0.05) is 62.3 Å².